The number of hydrogen-bond donors (Lipinski definition) is 2. The molecule has 1 aromatic rings. The fourth-order valence-electron chi connectivity index (χ4n) is 4.25. The van der Waals surface area contributed by atoms with Crippen molar-refractivity contribution >= 4 is 17.5 Å². The average molecular weight is 318 g/mol. The van der Waals surface area contributed by atoms with E-state index in [9.17, 15) is 9.59 Å². The van der Waals surface area contributed by atoms with E-state index in [0.717, 1.165) is 28.9 Å². The molecule has 3 rings (SSSR count). The van der Waals surface area contributed by atoms with Crippen molar-refractivity contribution < 1.29 is 9.59 Å². The third kappa shape index (κ3) is 3.41. The summed E-state index contributed by atoms with van der Waals surface area (Å²) in [6, 6.07) is 0. The Balaban J connectivity index is 1.44. The van der Waals surface area contributed by atoms with Crippen LogP contribution in [0.15, 0.2) is 0 Å². The Bertz CT molecular complexity index is 622. The number of amides is 2. The fraction of sp³-hybridized carbons (Fsp3) is 0.706. The molecule has 2 aliphatic rings. The van der Waals surface area contributed by atoms with E-state index < -0.39 is 0 Å². The van der Waals surface area contributed by atoms with Gasteiger partial charge in [0, 0.05) is 13.5 Å². The predicted molar refractivity (Wildman–Crippen MR) is 87.9 cm³/mol. The van der Waals surface area contributed by atoms with Crippen molar-refractivity contribution in [2.24, 2.45) is 24.8 Å². The highest BCUT2D eigenvalue weighted by Crippen LogP contribution is 2.49. The highest BCUT2D eigenvalue weighted by atomic mass is 16.2. The number of carbonyl (C=O) groups is 2. The normalized spacial score (nSPS) is 25.6. The minimum Gasteiger partial charge on any atom is -0.347 e. The van der Waals surface area contributed by atoms with Crippen LogP contribution in [0.1, 0.15) is 43.5 Å². The molecule has 2 bridgehead atoms. The summed E-state index contributed by atoms with van der Waals surface area (Å²) in [6.45, 7) is 3.78. The molecule has 6 heteroatoms. The number of nitrogens with one attached hydrogen (secondary N) is 2. The lowest BCUT2D eigenvalue weighted by atomic mass is 9.86. The minimum absolute atomic E-state index is 0.00247. The summed E-state index contributed by atoms with van der Waals surface area (Å²) in [5.74, 6) is 1.90. The molecule has 0 spiro atoms. The molecule has 1 aromatic heterocycles. The van der Waals surface area contributed by atoms with Crippen LogP contribution in [0.25, 0.3) is 0 Å². The van der Waals surface area contributed by atoms with Gasteiger partial charge in [0.25, 0.3) is 0 Å². The van der Waals surface area contributed by atoms with Crippen LogP contribution in [0.2, 0.25) is 0 Å². The van der Waals surface area contributed by atoms with E-state index in [4.69, 9.17) is 0 Å². The van der Waals surface area contributed by atoms with E-state index in [2.05, 4.69) is 15.7 Å². The summed E-state index contributed by atoms with van der Waals surface area (Å²) >= 11 is 0. The molecule has 2 amide bonds. The van der Waals surface area contributed by atoms with E-state index in [-0.39, 0.29) is 18.4 Å². The third-order valence-electron chi connectivity index (χ3n) is 5.55. The van der Waals surface area contributed by atoms with E-state index in [1.807, 2.05) is 20.9 Å². The maximum absolute atomic E-state index is 12.1. The largest absolute Gasteiger partial charge is 0.347 e. The second-order valence-corrected chi connectivity index (χ2v) is 7.13. The summed E-state index contributed by atoms with van der Waals surface area (Å²) in [5.41, 5.74) is 2.43. The smallest absolute Gasteiger partial charge is 0.243 e. The average Bonchev–Trinajstić information content (AvgIpc) is 3.17. The van der Waals surface area contributed by atoms with Gasteiger partial charge in [0.1, 0.15) is 0 Å². The van der Waals surface area contributed by atoms with Crippen molar-refractivity contribution in [3.8, 4) is 0 Å². The third-order valence-corrected chi connectivity index (χ3v) is 5.55. The van der Waals surface area contributed by atoms with Gasteiger partial charge in [-0.05, 0) is 50.9 Å². The molecule has 0 unspecified atom stereocenters. The van der Waals surface area contributed by atoms with Crippen molar-refractivity contribution in [1.82, 2.24) is 15.1 Å². The lowest BCUT2D eigenvalue weighted by molar-refractivity contribution is -0.125. The van der Waals surface area contributed by atoms with Crippen LogP contribution in [0, 0.1) is 31.6 Å². The van der Waals surface area contributed by atoms with Crippen LogP contribution >= 0.6 is 0 Å². The Morgan fingerprint density at radius 1 is 1.22 bits per heavy atom. The Labute approximate surface area is 137 Å². The topological polar surface area (TPSA) is 76.0 Å². The van der Waals surface area contributed by atoms with E-state index in [1.165, 1.54) is 25.7 Å². The van der Waals surface area contributed by atoms with Crippen molar-refractivity contribution in [2.75, 3.05) is 11.9 Å². The van der Waals surface area contributed by atoms with Crippen LogP contribution in [0.3, 0.4) is 0 Å². The molecule has 126 valence electrons. The molecule has 6 nitrogen and oxygen atoms in total. The molecule has 23 heavy (non-hydrogen) atoms. The Morgan fingerprint density at radius 2 is 2.00 bits per heavy atom. The Kier molecular flexibility index (Phi) is 4.41. The summed E-state index contributed by atoms with van der Waals surface area (Å²) in [5, 5.41) is 9.86. The Morgan fingerprint density at radius 3 is 2.57 bits per heavy atom. The lowest BCUT2D eigenvalue weighted by Crippen LogP contribution is -2.34. The van der Waals surface area contributed by atoms with Gasteiger partial charge < -0.3 is 10.6 Å². The molecule has 0 radical (unpaired) electrons. The van der Waals surface area contributed by atoms with Gasteiger partial charge in [-0.1, -0.05) is 6.42 Å². The standard InChI is InChI=1S/C17H26N4O2/c1-10-17(11(2)21(3)20-10)19-16(23)9-18-15(22)8-14-7-12-4-5-13(14)6-12/h12-14H,4-9H2,1-3H3,(H,18,22)(H,19,23)/t12-,13-,14+/m1/s1. The number of nitrogens with zero attached hydrogens (tertiary/aromatic N) is 2. The van der Waals surface area contributed by atoms with Gasteiger partial charge in [0.15, 0.2) is 0 Å². The number of aromatic nitrogens is 2. The molecule has 0 saturated heterocycles. The molecule has 0 aliphatic heterocycles. The first kappa shape index (κ1) is 16.0. The van der Waals surface area contributed by atoms with Crippen LogP contribution in [-0.2, 0) is 16.6 Å². The minimum atomic E-state index is -0.203. The molecule has 0 aromatic carbocycles. The maximum Gasteiger partial charge on any atom is 0.243 e. The maximum atomic E-state index is 12.1. The van der Waals surface area contributed by atoms with E-state index >= 15 is 0 Å². The van der Waals surface area contributed by atoms with Crippen molar-refractivity contribution in [1.29, 1.82) is 0 Å². The first-order valence-electron chi connectivity index (χ1n) is 8.50. The summed E-state index contributed by atoms with van der Waals surface area (Å²) in [7, 11) is 1.84. The zero-order valence-corrected chi connectivity index (χ0v) is 14.2. The molecular formula is C17H26N4O2. The van der Waals surface area contributed by atoms with Gasteiger partial charge in [-0.2, -0.15) is 5.10 Å². The second kappa shape index (κ2) is 6.34. The van der Waals surface area contributed by atoms with E-state index in [1.54, 1.807) is 4.68 Å². The Hall–Kier alpha value is -1.85. The highest BCUT2D eigenvalue weighted by molar-refractivity contribution is 5.95. The summed E-state index contributed by atoms with van der Waals surface area (Å²) < 4.78 is 1.73. The first-order chi connectivity index (χ1) is 10.9. The monoisotopic (exact) mass is 318 g/mol. The van der Waals surface area contributed by atoms with Crippen molar-refractivity contribution in [3.63, 3.8) is 0 Å². The fourth-order valence-corrected chi connectivity index (χ4v) is 4.25. The van der Waals surface area contributed by atoms with Crippen LogP contribution in [0.4, 0.5) is 5.69 Å². The molecule has 2 N–H and O–H groups in total. The van der Waals surface area contributed by atoms with Crippen molar-refractivity contribution in [3.05, 3.63) is 11.4 Å². The van der Waals surface area contributed by atoms with Gasteiger partial charge in [-0.25, -0.2) is 0 Å². The van der Waals surface area contributed by atoms with Crippen LogP contribution < -0.4 is 10.6 Å². The van der Waals surface area contributed by atoms with Gasteiger partial charge >= 0.3 is 0 Å². The number of fused-ring (bicyclic) bond motifs is 2. The molecule has 1 heterocycles. The van der Waals surface area contributed by atoms with E-state index in [0.29, 0.717) is 12.3 Å². The zero-order valence-electron chi connectivity index (χ0n) is 14.2. The number of anilines is 1. The molecular weight excluding hydrogens is 292 g/mol. The quantitative estimate of drug-likeness (QED) is 0.871. The first-order valence-corrected chi connectivity index (χ1v) is 8.50. The van der Waals surface area contributed by atoms with Gasteiger partial charge in [0.05, 0.1) is 23.6 Å². The highest BCUT2D eigenvalue weighted by Gasteiger charge is 2.40. The number of rotatable bonds is 5. The van der Waals surface area contributed by atoms with Crippen molar-refractivity contribution in [2.45, 2.75) is 46.0 Å². The summed E-state index contributed by atoms with van der Waals surface area (Å²) in [4.78, 5) is 24.1. The van der Waals surface area contributed by atoms with Crippen LogP contribution in [0.5, 0.6) is 0 Å². The molecule has 2 fully saturated rings. The zero-order chi connectivity index (χ0) is 16.6. The van der Waals surface area contributed by atoms with Crippen LogP contribution in [-0.4, -0.2) is 28.1 Å². The second-order valence-electron chi connectivity index (χ2n) is 7.13. The summed E-state index contributed by atoms with van der Waals surface area (Å²) in [6.07, 6.45) is 5.69. The SMILES string of the molecule is Cc1nn(C)c(C)c1NC(=O)CNC(=O)C[C@@H]1C[C@@H]2CC[C@@H]1C2. The van der Waals surface area contributed by atoms with Gasteiger partial charge in [0.2, 0.25) is 11.8 Å². The predicted octanol–water partition coefficient (Wildman–Crippen LogP) is 1.92. The number of carbonyl (C=O) groups excluding carboxylic acids is 2. The molecule has 3 atom stereocenters. The van der Waals surface area contributed by atoms with Gasteiger partial charge in [-0.3, -0.25) is 14.3 Å². The number of hydrogen-bond acceptors (Lipinski definition) is 3. The molecule has 2 aliphatic carbocycles. The van der Waals surface area contributed by atoms with Gasteiger partial charge in [-0.15, -0.1) is 0 Å². The molecule has 2 saturated carbocycles. The lowest BCUT2D eigenvalue weighted by Gasteiger charge is -2.20. The number of aryl methyl sites for hydroxylation is 2.